The first kappa shape index (κ1) is 22.0. The molecule has 0 saturated heterocycles. The van der Waals surface area contributed by atoms with Gasteiger partial charge in [-0.25, -0.2) is 9.78 Å². The molecule has 1 atom stereocenters. The Morgan fingerprint density at radius 1 is 0.970 bits per heavy atom. The molecule has 8 nitrogen and oxygen atoms in total. The zero-order chi connectivity index (χ0) is 23.4. The van der Waals surface area contributed by atoms with Gasteiger partial charge in [0.1, 0.15) is 18.1 Å². The number of pyridine rings is 1. The summed E-state index contributed by atoms with van der Waals surface area (Å²) in [7, 11) is 0. The first-order valence-electron chi connectivity index (χ1n) is 10.5. The number of carboxylic acid groups (broad SMARTS) is 1. The van der Waals surface area contributed by atoms with E-state index in [2.05, 4.69) is 27.8 Å². The molecule has 8 heteroatoms. The zero-order valence-corrected chi connectivity index (χ0v) is 17.9. The molecular formula is C25H23N3O5. The fourth-order valence-corrected chi connectivity index (χ4v) is 3.98. The minimum atomic E-state index is -1.01. The van der Waals surface area contributed by atoms with Crippen LogP contribution in [0.15, 0.2) is 66.7 Å². The summed E-state index contributed by atoms with van der Waals surface area (Å²) < 4.78 is 5.50. The molecule has 3 N–H and O–H groups in total. The van der Waals surface area contributed by atoms with Crippen molar-refractivity contribution in [3.05, 3.63) is 83.6 Å². The van der Waals surface area contributed by atoms with Crippen LogP contribution in [0.3, 0.4) is 0 Å². The second kappa shape index (κ2) is 9.52. The first-order valence-corrected chi connectivity index (χ1v) is 10.5. The van der Waals surface area contributed by atoms with Crippen molar-refractivity contribution in [2.75, 3.05) is 11.9 Å². The van der Waals surface area contributed by atoms with Crippen LogP contribution in [0.2, 0.25) is 0 Å². The summed E-state index contributed by atoms with van der Waals surface area (Å²) in [4.78, 5) is 39.6. The molecule has 2 aromatic carbocycles. The van der Waals surface area contributed by atoms with Crippen molar-refractivity contribution in [1.82, 2.24) is 10.3 Å². The van der Waals surface area contributed by atoms with Crippen molar-refractivity contribution < 1.29 is 24.2 Å². The standard InChI is InChI=1S/C25H23N3O5/c1-15(13-23(29)30)26-24(31)21-11-6-12-22(27-21)28-25(32)33-14-20-18-9-4-2-7-16(18)17-8-3-5-10-19(17)20/h2-12,15,20H,13-14H2,1H3,(H,26,31)(H,29,30)(H,27,28,32)/t15-/m1/s1. The summed E-state index contributed by atoms with van der Waals surface area (Å²) in [6.07, 6.45) is -0.884. The highest BCUT2D eigenvalue weighted by atomic mass is 16.5. The van der Waals surface area contributed by atoms with Crippen molar-refractivity contribution in [3.8, 4) is 11.1 Å². The zero-order valence-electron chi connectivity index (χ0n) is 17.9. The van der Waals surface area contributed by atoms with E-state index in [1.807, 2.05) is 36.4 Å². The van der Waals surface area contributed by atoms with E-state index in [4.69, 9.17) is 9.84 Å². The minimum Gasteiger partial charge on any atom is -0.481 e. The molecule has 0 spiro atoms. The lowest BCUT2D eigenvalue weighted by molar-refractivity contribution is -0.137. The number of ether oxygens (including phenoxy) is 1. The van der Waals surface area contributed by atoms with Crippen molar-refractivity contribution in [2.24, 2.45) is 0 Å². The maximum atomic E-state index is 12.4. The van der Waals surface area contributed by atoms with Gasteiger partial charge in [-0.05, 0) is 41.3 Å². The van der Waals surface area contributed by atoms with Gasteiger partial charge in [0.2, 0.25) is 0 Å². The quantitative estimate of drug-likeness (QED) is 0.505. The average molecular weight is 445 g/mol. The highest BCUT2D eigenvalue weighted by Crippen LogP contribution is 2.44. The van der Waals surface area contributed by atoms with E-state index in [-0.39, 0.29) is 30.5 Å². The third-order valence-electron chi connectivity index (χ3n) is 5.41. The second-order valence-electron chi connectivity index (χ2n) is 7.83. The number of anilines is 1. The normalized spacial score (nSPS) is 12.9. The molecule has 0 fully saturated rings. The molecule has 1 heterocycles. The number of carbonyl (C=O) groups is 3. The van der Waals surface area contributed by atoms with Gasteiger partial charge in [-0.15, -0.1) is 0 Å². The Balaban J connectivity index is 1.39. The van der Waals surface area contributed by atoms with Gasteiger partial charge in [-0.3, -0.25) is 14.9 Å². The van der Waals surface area contributed by atoms with Gasteiger partial charge in [-0.2, -0.15) is 0 Å². The number of carboxylic acids is 1. The number of rotatable bonds is 7. The van der Waals surface area contributed by atoms with E-state index in [9.17, 15) is 14.4 Å². The summed E-state index contributed by atoms with van der Waals surface area (Å²) in [5.41, 5.74) is 4.56. The minimum absolute atomic E-state index is 0.0590. The van der Waals surface area contributed by atoms with Gasteiger partial charge in [0.15, 0.2) is 0 Å². The third kappa shape index (κ3) is 5.01. The van der Waals surface area contributed by atoms with E-state index in [0.717, 1.165) is 22.3 Å². The van der Waals surface area contributed by atoms with Crippen LogP contribution >= 0.6 is 0 Å². The van der Waals surface area contributed by atoms with Gasteiger partial charge in [0, 0.05) is 12.0 Å². The molecule has 0 saturated carbocycles. The fraction of sp³-hybridized carbons (Fsp3) is 0.200. The van der Waals surface area contributed by atoms with Crippen LogP contribution in [-0.4, -0.2) is 40.7 Å². The number of nitrogens with one attached hydrogen (secondary N) is 2. The number of hydrogen-bond acceptors (Lipinski definition) is 5. The number of fused-ring (bicyclic) bond motifs is 3. The van der Waals surface area contributed by atoms with Crippen LogP contribution in [0.1, 0.15) is 40.9 Å². The van der Waals surface area contributed by atoms with Crippen molar-refractivity contribution in [1.29, 1.82) is 0 Å². The predicted molar refractivity (Wildman–Crippen MR) is 122 cm³/mol. The molecule has 33 heavy (non-hydrogen) atoms. The van der Waals surface area contributed by atoms with E-state index in [0.29, 0.717) is 0 Å². The summed E-state index contributed by atoms with van der Waals surface area (Å²) in [6, 6.07) is 20.1. The molecule has 2 amide bonds. The van der Waals surface area contributed by atoms with Gasteiger partial charge in [0.05, 0.1) is 6.42 Å². The van der Waals surface area contributed by atoms with Crippen molar-refractivity contribution >= 4 is 23.8 Å². The Kier molecular flexibility index (Phi) is 6.35. The molecule has 1 aliphatic carbocycles. The molecule has 168 valence electrons. The van der Waals surface area contributed by atoms with Gasteiger partial charge < -0.3 is 15.2 Å². The number of aliphatic carboxylic acids is 1. The lowest BCUT2D eigenvalue weighted by Crippen LogP contribution is -2.34. The van der Waals surface area contributed by atoms with E-state index in [1.54, 1.807) is 19.1 Å². The lowest BCUT2D eigenvalue weighted by atomic mass is 9.98. The van der Waals surface area contributed by atoms with Gasteiger partial charge in [0.25, 0.3) is 5.91 Å². The van der Waals surface area contributed by atoms with Crippen molar-refractivity contribution in [2.45, 2.75) is 25.3 Å². The molecule has 4 rings (SSSR count). The smallest absolute Gasteiger partial charge is 0.412 e. The molecule has 0 radical (unpaired) electrons. The number of nitrogens with zero attached hydrogens (tertiary/aromatic N) is 1. The summed E-state index contributed by atoms with van der Waals surface area (Å²) in [5, 5.41) is 13.9. The third-order valence-corrected chi connectivity index (χ3v) is 5.41. The molecule has 1 aromatic heterocycles. The second-order valence-corrected chi connectivity index (χ2v) is 7.83. The average Bonchev–Trinajstić information content (AvgIpc) is 3.11. The van der Waals surface area contributed by atoms with Crippen LogP contribution in [0, 0.1) is 0 Å². The Labute approximate surface area is 190 Å². The Morgan fingerprint density at radius 3 is 2.24 bits per heavy atom. The molecule has 0 unspecified atom stereocenters. The maximum Gasteiger partial charge on any atom is 0.412 e. The number of amides is 2. The summed E-state index contributed by atoms with van der Waals surface area (Å²) in [6.45, 7) is 1.75. The summed E-state index contributed by atoms with van der Waals surface area (Å²) in [5.74, 6) is -1.45. The molecule has 3 aromatic rings. The van der Waals surface area contributed by atoms with E-state index in [1.165, 1.54) is 6.07 Å². The Hall–Kier alpha value is -4.20. The van der Waals surface area contributed by atoms with Crippen LogP contribution in [0.4, 0.5) is 10.6 Å². The lowest BCUT2D eigenvalue weighted by Gasteiger charge is -2.15. The number of aromatic nitrogens is 1. The molecule has 1 aliphatic rings. The predicted octanol–water partition coefficient (Wildman–Crippen LogP) is 4.04. The molecule has 0 aliphatic heterocycles. The van der Waals surface area contributed by atoms with Gasteiger partial charge in [-0.1, -0.05) is 54.6 Å². The molecule has 0 bridgehead atoms. The number of carbonyl (C=O) groups excluding carboxylic acids is 2. The SMILES string of the molecule is C[C@H](CC(=O)O)NC(=O)c1cccc(NC(=O)OCC2c3ccccc3-c3ccccc32)n1. The van der Waals surface area contributed by atoms with E-state index >= 15 is 0 Å². The highest BCUT2D eigenvalue weighted by molar-refractivity contribution is 5.93. The molecular weight excluding hydrogens is 422 g/mol. The Bertz CT molecular complexity index is 1160. The van der Waals surface area contributed by atoms with Crippen LogP contribution in [0.5, 0.6) is 0 Å². The highest BCUT2D eigenvalue weighted by Gasteiger charge is 2.29. The maximum absolute atomic E-state index is 12.4. The van der Waals surface area contributed by atoms with E-state index < -0.39 is 24.0 Å². The van der Waals surface area contributed by atoms with Crippen LogP contribution in [-0.2, 0) is 9.53 Å². The number of hydrogen-bond donors (Lipinski definition) is 3. The first-order chi connectivity index (χ1) is 15.9. The van der Waals surface area contributed by atoms with Crippen LogP contribution in [0.25, 0.3) is 11.1 Å². The monoisotopic (exact) mass is 445 g/mol. The van der Waals surface area contributed by atoms with Crippen LogP contribution < -0.4 is 10.6 Å². The Morgan fingerprint density at radius 2 is 1.61 bits per heavy atom. The topological polar surface area (TPSA) is 118 Å². The summed E-state index contributed by atoms with van der Waals surface area (Å²) >= 11 is 0. The number of benzene rings is 2. The largest absolute Gasteiger partial charge is 0.481 e. The van der Waals surface area contributed by atoms with Gasteiger partial charge >= 0.3 is 12.1 Å². The van der Waals surface area contributed by atoms with Crippen molar-refractivity contribution in [3.63, 3.8) is 0 Å². The fourth-order valence-electron chi connectivity index (χ4n) is 3.98.